The smallest absolute Gasteiger partial charge is 0.141 e. The first-order valence-electron chi connectivity index (χ1n) is 34.8. The van der Waals surface area contributed by atoms with Crippen molar-refractivity contribution in [2.45, 2.75) is 238 Å². The number of unbranched alkanes of at least 4 members (excludes halogenated alkanes) is 20. The molecular formula is C83H102N2O. The molecule has 0 amide bonds. The molecule has 1 aromatic heterocycles. The summed E-state index contributed by atoms with van der Waals surface area (Å²) in [6.45, 7) is 18.3. The maximum atomic E-state index is 6.36. The van der Waals surface area contributed by atoms with Crippen molar-refractivity contribution in [1.82, 2.24) is 9.55 Å². The van der Waals surface area contributed by atoms with Crippen LogP contribution in [0, 0.1) is 0 Å². The molecule has 2 aliphatic carbocycles. The van der Waals surface area contributed by atoms with Gasteiger partial charge in [-0.15, -0.1) is 0 Å². The summed E-state index contributed by atoms with van der Waals surface area (Å²) in [7, 11) is 0. The van der Waals surface area contributed by atoms with E-state index >= 15 is 0 Å². The van der Waals surface area contributed by atoms with Gasteiger partial charge in [0.15, 0.2) is 0 Å². The Hall–Kier alpha value is -6.45. The van der Waals surface area contributed by atoms with Crippen LogP contribution in [-0.4, -0.2) is 16.2 Å². The van der Waals surface area contributed by atoms with Crippen LogP contribution in [0.4, 0.5) is 0 Å². The van der Waals surface area contributed by atoms with Crippen molar-refractivity contribution < 1.29 is 4.74 Å². The molecule has 0 N–H and O–H groups in total. The molecule has 450 valence electrons. The van der Waals surface area contributed by atoms with E-state index in [1.807, 2.05) is 0 Å². The fourth-order valence-electron chi connectivity index (χ4n) is 15.3. The third-order valence-corrected chi connectivity index (χ3v) is 20.8. The van der Waals surface area contributed by atoms with Crippen molar-refractivity contribution in [3.8, 4) is 39.4 Å². The Kier molecular flexibility index (Phi) is 20.0. The van der Waals surface area contributed by atoms with Crippen molar-refractivity contribution >= 4 is 32.6 Å². The molecule has 0 saturated heterocycles. The van der Waals surface area contributed by atoms with Crippen LogP contribution in [0.3, 0.4) is 0 Å². The van der Waals surface area contributed by atoms with Gasteiger partial charge < -0.3 is 9.30 Å². The van der Waals surface area contributed by atoms with Crippen molar-refractivity contribution in [2.24, 2.45) is 0 Å². The van der Waals surface area contributed by atoms with Crippen molar-refractivity contribution in [2.75, 3.05) is 6.61 Å². The van der Waals surface area contributed by atoms with Crippen molar-refractivity contribution in [1.29, 1.82) is 0 Å². The zero-order valence-corrected chi connectivity index (χ0v) is 54.0. The molecule has 1 heterocycles. The lowest BCUT2D eigenvalue weighted by Crippen LogP contribution is -2.27. The molecule has 0 aliphatic heterocycles. The summed E-state index contributed by atoms with van der Waals surface area (Å²) in [5.74, 6) is 2.00. The van der Waals surface area contributed by atoms with Crippen molar-refractivity contribution in [3.05, 3.63) is 191 Å². The predicted octanol–water partition coefficient (Wildman–Crippen LogP) is 24.5. The largest absolute Gasteiger partial charge is 0.494 e. The Bertz CT molecular complexity index is 3660. The van der Waals surface area contributed by atoms with Gasteiger partial charge in [0.25, 0.3) is 0 Å². The van der Waals surface area contributed by atoms with Gasteiger partial charge in [-0.25, -0.2) is 4.98 Å². The number of nitrogens with zero attached hydrogens (tertiary/aromatic N) is 2. The molecule has 0 bridgehead atoms. The lowest BCUT2D eigenvalue weighted by atomic mass is 9.69. The highest BCUT2D eigenvalue weighted by molar-refractivity contribution is 6.25. The third-order valence-electron chi connectivity index (χ3n) is 20.8. The molecule has 0 fully saturated rings. The highest BCUT2D eigenvalue weighted by Gasteiger charge is 2.48. The Morgan fingerprint density at radius 3 is 1.59 bits per heavy atom. The van der Waals surface area contributed by atoms with Gasteiger partial charge in [-0.05, 0) is 153 Å². The summed E-state index contributed by atoms with van der Waals surface area (Å²) in [5, 5.41) is 5.17. The van der Waals surface area contributed by atoms with Crippen LogP contribution in [0.1, 0.15) is 254 Å². The third kappa shape index (κ3) is 12.6. The second-order valence-corrected chi connectivity index (χ2v) is 27.0. The molecule has 86 heavy (non-hydrogen) atoms. The number of hydrogen-bond donors (Lipinski definition) is 0. The summed E-state index contributed by atoms with van der Waals surface area (Å²) >= 11 is 0. The van der Waals surface area contributed by atoms with E-state index in [1.165, 1.54) is 231 Å². The topological polar surface area (TPSA) is 27.1 Å². The van der Waals surface area contributed by atoms with Gasteiger partial charge in [0.05, 0.1) is 17.6 Å². The number of fused-ring (bicyclic) bond motifs is 10. The van der Waals surface area contributed by atoms with Crippen LogP contribution >= 0.6 is 0 Å². The molecule has 0 radical (unpaired) electrons. The summed E-state index contributed by atoms with van der Waals surface area (Å²) in [5.41, 5.74) is 18.9. The molecule has 2 aliphatic rings. The predicted molar refractivity (Wildman–Crippen MR) is 371 cm³/mol. The van der Waals surface area contributed by atoms with E-state index in [0.717, 1.165) is 48.6 Å². The summed E-state index contributed by atoms with van der Waals surface area (Å²) in [4.78, 5) is 5.82. The van der Waals surface area contributed by atoms with Crippen LogP contribution in [-0.2, 0) is 22.8 Å². The standard InChI is InChI=1S/C83H102N2O/c1-8-12-16-20-24-34-52-83(53-35-25-21-17-13-9-2)74-51-45-63(57-72(74)68-50-46-66(58-75(68)83)81(5,6)64-38-30-28-31-39-64)62-44-49-69-70(56-62)71-59-76-77(82(76,7)65-40-32-29-33-41-65)60-73(71)79-78(69)84-80(85(79)54-36-26-22-18-14-10-3)61-42-47-67(48-43-61)86-55-37-27-23-19-15-11-4/h28-33,38-51,56-60H,8-27,34-37,52-55H2,1-7H3. The zero-order chi connectivity index (χ0) is 59.5. The van der Waals surface area contributed by atoms with E-state index in [1.54, 1.807) is 11.1 Å². The number of aromatic nitrogens is 2. The zero-order valence-electron chi connectivity index (χ0n) is 54.0. The van der Waals surface area contributed by atoms with Gasteiger partial charge in [0.1, 0.15) is 11.6 Å². The van der Waals surface area contributed by atoms with E-state index in [0.29, 0.717) is 0 Å². The normalized spacial score (nSPS) is 15.0. The summed E-state index contributed by atoms with van der Waals surface area (Å²) in [6, 6.07) is 59.2. The average Bonchev–Trinajstić information content (AvgIpc) is 1.59. The number of imidazole rings is 1. The van der Waals surface area contributed by atoms with Crippen LogP contribution < -0.4 is 4.74 Å². The average molecular weight is 1140 g/mol. The first-order valence-corrected chi connectivity index (χ1v) is 34.8. The van der Waals surface area contributed by atoms with Crippen LogP contribution in [0.25, 0.3) is 66.2 Å². The quantitative estimate of drug-likeness (QED) is 0.0297. The fraction of sp³-hybridized carbons (Fsp3) is 0.458. The minimum absolute atomic E-state index is 0.0195. The summed E-state index contributed by atoms with van der Waals surface area (Å²) in [6.07, 6.45) is 33.2. The molecule has 0 spiro atoms. The molecule has 9 aromatic rings. The van der Waals surface area contributed by atoms with E-state index in [9.17, 15) is 0 Å². The van der Waals surface area contributed by atoms with Gasteiger partial charge >= 0.3 is 0 Å². The summed E-state index contributed by atoms with van der Waals surface area (Å²) < 4.78 is 8.97. The second-order valence-electron chi connectivity index (χ2n) is 27.0. The maximum absolute atomic E-state index is 6.36. The Balaban J connectivity index is 1.04. The van der Waals surface area contributed by atoms with Gasteiger partial charge in [0.2, 0.25) is 0 Å². The SMILES string of the molecule is CCCCCCCCOc1ccc(-c2nc3c4ccc(-c5ccc6c(c5)-c5ccc(C(C)(C)c7ccccc7)cc5C6(CCCCCCCC)CCCCCCCC)cc4c4cc5c(cc4c3n2CCCCCCCC)C5(C)c2ccccc2)cc1. The first-order chi connectivity index (χ1) is 42.2. The van der Waals surface area contributed by atoms with Crippen molar-refractivity contribution in [3.63, 3.8) is 0 Å². The van der Waals surface area contributed by atoms with E-state index < -0.39 is 0 Å². The molecule has 3 nitrogen and oxygen atoms in total. The van der Waals surface area contributed by atoms with Gasteiger partial charge in [-0.1, -0.05) is 286 Å². The molecule has 1 atom stereocenters. The lowest BCUT2D eigenvalue weighted by molar-refractivity contribution is 0.304. The Morgan fingerprint density at radius 2 is 0.953 bits per heavy atom. The van der Waals surface area contributed by atoms with E-state index in [-0.39, 0.29) is 16.2 Å². The Morgan fingerprint density at radius 1 is 0.419 bits per heavy atom. The second kappa shape index (κ2) is 28.1. The minimum atomic E-state index is -0.129. The first kappa shape index (κ1) is 61.2. The maximum Gasteiger partial charge on any atom is 0.141 e. The highest BCUT2D eigenvalue weighted by Crippen LogP contribution is 2.58. The van der Waals surface area contributed by atoms with Gasteiger partial charge in [0, 0.05) is 39.1 Å². The van der Waals surface area contributed by atoms with E-state index in [2.05, 4.69) is 205 Å². The van der Waals surface area contributed by atoms with Gasteiger partial charge in [-0.2, -0.15) is 0 Å². The number of benzene rings is 8. The molecule has 8 aromatic carbocycles. The number of rotatable bonds is 34. The monoisotopic (exact) mass is 1140 g/mol. The number of aryl methyl sites for hydroxylation is 1. The Labute approximate surface area is 518 Å². The highest BCUT2D eigenvalue weighted by atomic mass is 16.5. The molecule has 11 rings (SSSR count). The molecular weight excluding hydrogens is 1040 g/mol. The van der Waals surface area contributed by atoms with Crippen LogP contribution in [0.15, 0.2) is 152 Å². The molecule has 0 saturated carbocycles. The van der Waals surface area contributed by atoms with Gasteiger partial charge in [-0.3, -0.25) is 0 Å². The van der Waals surface area contributed by atoms with Crippen LogP contribution in [0.2, 0.25) is 0 Å². The number of ether oxygens (including phenoxy) is 1. The molecule has 3 heteroatoms. The lowest BCUT2D eigenvalue weighted by Gasteiger charge is -2.34. The van der Waals surface area contributed by atoms with E-state index in [4.69, 9.17) is 9.72 Å². The van der Waals surface area contributed by atoms with Crippen LogP contribution in [0.5, 0.6) is 5.75 Å². The minimum Gasteiger partial charge on any atom is -0.494 e. The number of hydrogen-bond acceptors (Lipinski definition) is 2. The molecule has 1 unspecified atom stereocenters. The fourth-order valence-corrected chi connectivity index (χ4v) is 15.3.